The molecule has 92 valence electrons. The lowest BCUT2D eigenvalue weighted by molar-refractivity contribution is 0.0689. The molecule has 1 aromatic rings. The van der Waals surface area contributed by atoms with Crippen LogP contribution in [0.3, 0.4) is 0 Å². The van der Waals surface area contributed by atoms with Crippen molar-refractivity contribution in [1.82, 2.24) is 10.3 Å². The highest BCUT2D eigenvalue weighted by Crippen LogP contribution is 2.14. The van der Waals surface area contributed by atoms with Crippen LogP contribution in [-0.4, -0.2) is 35.8 Å². The summed E-state index contributed by atoms with van der Waals surface area (Å²) in [6, 6.07) is 4.79. The Kier molecular flexibility index (Phi) is 3.93. The van der Waals surface area contributed by atoms with Gasteiger partial charge in [-0.15, -0.1) is 0 Å². The third-order valence-corrected chi connectivity index (χ3v) is 2.87. The van der Waals surface area contributed by atoms with Crippen LogP contribution in [0, 0.1) is 5.92 Å². The Balaban J connectivity index is 1.89. The van der Waals surface area contributed by atoms with Gasteiger partial charge in [0.1, 0.15) is 0 Å². The van der Waals surface area contributed by atoms with Crippen molar-refractivity contribution in [3.8, 4) is 5.88 Å². The minimum Gasteiger partial charge on any atom is -0.477 e. The van der Waals surface area contributed by atoms with Gasteiger partial charge in [0.25, 0.3) is 0 Å². The van der Waals surface area contributed by atoms with Gasteiger partial charge in [-0.2, -0.15) is 0 Å². The molecule has 0 radical (unpaired) electrons. The Labute approximate surface area is 99.8 Å². The molecule has 2 N–H and O–H groups in total. The average Bonchev–Trinajstić information content (AvgIpc) is 2.38. The number of pyridine rings is 1. The van der Waals surface area contributed by atoms with Gasteiger partial charge in [-0.1, -0.05) is 6.07 Å². The predicted octanol–water partition coefficient (Wildman–Crippen LogP) is 1.16. The van der Waals surface area contributed by atoms with Gasteiger partial charge in [-0.25, -0.2) is 9.78 Å². The zero-order chi connectivity index (χ0) is 12.1. The van der Waals surface area contributed by atoms with Crippen LogP contribution in [-0.2, 0) is 0 Å². The molecule has 0 unspecified atom stereocenters. The molecular formula is C12H16N2O3. The van der Waals surface area contributed by atoms with E-state index in [0.717, 1.165) is 25.9 Å². The fourth-order valence-electron chi connectivity index (χ4n) is 1.87. The van der Waals surface area contributed by atoms with Crippen molar-refractivity contribution in [2.45, 2.75) is 12.8 Å². The highest BCUT2D eigenvalue weighted by atomic mass is 16.5. The van der Waals surface area contributed by atoms with Crippen molar-refractivity contribution in [3.05, 3.63) is 23.9 Å². The molecule has 0 aliphatic carbocycles. The first-order valence-electron chi connectivity index (χ1n) is 5.79. The number of ether oxygens (including phenoxy) is 1. The molecule has 5 nitrogen and oxygen atoms in total. The molecular weight excluding hydrogens is 220 g/mol. The second kappa shape index (κ2) is 5.63. The van der Waals surface area contributed by atoms with Gasteiger partial charge in [-0.05, 0) is 37.9 Å². The van der Waals surface area contributed by atoms with Crippen LogP contribution in [0.5, 0.6) is 5.88 Å². The molecule has 1 aliphatic rings. The molecule has 2 rings (SSSR count). The summed E-state index contributed by atoms with van der Waals surface area (Å²) in [6.45, 7) is 2.66. The molecule has 1 saturated heterocycles. The Morgan fingerprint density at radius 3 is 2.94 bits per heavy atom. The maximum Gasteiger partial charge on any atom is 0.354 e. The van der Waals surface area contributed by atoms with Gasteiger partial charge >= 0.3 is 5.97 Å². The highest BCUT2D eigenvalue weighted by molar-refractivity contribution is 5.85. The van der Waals surface area contributed by atoms with E-state index in [4.69, 9.17) is 9.84 Å². The number of carboxylic acid groups (broad SMARTS) is 1. The summed E-state index contributed by atoms with van der Waals surface area (Å²) in [7, 11) is 0. The Morgan fingerprint density at radius 2 is 2.24 bits per heavy atom. The van der Waals surface area contributed by atoms with Gasteiger partial charge in [-0.3, -0.25) is 0 Å². The number of carboxylic acids is 1. The average molecular weight is 236 g/mol. The Morgan fingerprint density at radius 1 is 1.47 bits per heavy atom. The molecule has 0 aromatic carbocycles. The van der Waals surface area contributed by atoms with E-state index in [1.54, 1.807) is 12.1 Å². The SMILES string of the molecule is O=C(O)c1cccc(OCC2CCNCC2)n1. The van der Waals surface area contributed by atoms with Crippen LogP contribution in [0.25, 0.3) is 0 Å². The van der Waals surface area contributed by atoms with Gasteiger partial charge < -0.3 is 15.2 Å². The summed E-state index contributed by atoms with van der Waals surface area (Å²) in [6.07, 6.45) is 2.19. The molecule has 1 aromatic heterocycles. The van der Waals surface area contributed by atoms with Gasteiger partial charge in [0.2, 0.25) is 5.88 Å². The van der Waals surface area contributed by atoms with Crippen LogP contribution in [0.2, 0.25) is 0 Å². The van der Waals surface area contributed by atoms with E-state index >= 15 is 0 Å². The van der Waals surface area contributed by atoms with E-state index in [2.05, 4.69) is 10.3 Å². The summed E-state index contributed by atoms with van der Waals surface area (Å²) < 4.78 is 5.53. The lowest BCUT2D eigenvalue weighted by Gasteiger charge is -2.22. The standard InChI is InChI=1S/C12H16N2O3/c15-12(16)10-2-1-3-11(14-10)17-8-9-4-6-13-7-5-9/h1-3,9,13H,4-8H2,(H,15,16). The van der Waals surface area contributed by atoms with Crippen LogP contribution in [0.1, 0.15) is 23.3 Å². The summed E-state index contributed by atoms with van der Waals surface area (Å²) in [4.78, 5) is 14.7. The van der Waals surface area contributed by atoms with Crippen LogP contribution in [0.4, 0.5) is 0 Å². The molecule has 5 heteroatoms. The molecule has 17 heavy (non-hydrogen) atoms. The van der Waals surface area contributed by atoms with E-state index in [0.29, 0.717) is 18.4 Å². The smallest absolute Gasteiger partial charge is 0.354 e. The summed E-state index contributed by atoms with van der Waals surface area (Å²) in [5, 5.41) is 12.1. The monoisotopic (exact) mass is 236 g/mol. The fraction of sp³-hybridized carbons (Fsp3) is 0.500. The van der Waals surface area contributed by atoms with E-state index in [1.807, 2.05) is 0 Å². The number of hydrogen-bond donors (Lipinski definition) is 2. The second-order valence-electron chi connectivity index (χ2n) is 4.17. The number of aromatic carboxylic acids is 1. The maximum atomic E-state index is 10.7. The minimum absolute atomic E-state index is 0.0211. The van der Waals surface area contributed by atoms with Gasteiger partial charge in [0.15, 0.2) is 5.69 Å². The first-order valence-corrected chi connectivity index (χ1v) is 5.79. The minimum atomic E-state index is -1.03. The summed E-state index contributed by atoms with van der Waals surface area (Å²) in [5.41, 5.74) is 0.0211. The van der Waals surface area contributed by atoms with Crippen molar-refractivity contribution in [3.63, 3.8) is 0 Å². The number of nitrogens with zero attached hydrogens (tertiary/aromatic N) is 1. The zero-order valence-electron chi connectivity index (χ0n) is 9.56. The number of nitrogens with one attached hydrogen (secondary N) is 1. The van der Waals surface area contributed by atoms with Crippen LogP contribution < -0.4 is 10.1 Å². The highest BCUT2D eigenvalue weighted by Gasteiger charge is 2.14. The Hall–Kier alpha value is -1.62. The second-order valence-corrected chi connectivity index (χ2v) is 4.17. The first-order chi connectivity index (χ1) is 8.25. The van der Waals surface area contributed by atoms with Crippen molar-refractivity contribution < 1.29 is 14.6 Å². The first kappa shape index (κ1) is 11.9. The van der Waals surface area contributed by atoms with Gasteiger partial charge in [0.05, 0.1) is 6.61 Å². The van der Waals surface area contributed by atoms with E-state index in [9.17, 15) is 4.79 Å². The summed E-state index contributed by atoms with van der Waals surface area (Å²) in [5.74, 6) is -0.104. The zero-order valence-corrected chi connectivity index (χ0v) is 9.56. The topological polar surface area (TPSA) is 71.5 Å². The number of rotatable bonds is 4. The predicted molar refractivity (Wildman–Crippen MR) is 62.3 cm³/mol. The fourth-order valence-corrected chi connectivity index (χ4v) is 1.87. The van der Waals surface area contributed by atoms with Crippen molar-refractivity contribution >= 4 is 5.97 Å². The van der Waals surface area contributed by atoms with E-state index in [-0.39, 0.29) is 5.69 Å². The third-order valence-electron chi connectivity index (χ3n) is 2.87. The number of aromatic nitrogens is 1. The maximum absolute atomic E-state index is 10.7. The van der Waals surface area contributed by atoms with Crippen molar-refractivity contribution in [1.29, 1.82) is 0 Å². The molecule has 0 spiro atoms. The van der Waals surface area contributed by atoms with Crippen molar-refractivity contribution in [2.24, 2.45) is 5.92 Å². The normalized spacial score (nSPS) is 16.7. The molecule has 2 heterocycles. The molecule has 1 aliphatic heterocycles. The molecule has 0 bridgehead atoms. The van der Waals surface area contributed by atoms with Crippen molar-refractivity contribution in [2.75, 3.05) is 19.7 Å². The summed E-state index contributed by atoms with van der Waals surface area (Å²) >= 11 is 0. The molecule has 1 fully saturated rings. The number of piperidine rings is 1. The quantitative estimate of drug-likeness (QED) is 0.820. The lowest BCUT2D eigenvalue weighted by Crippen LogP contribution is -2.30. The number of carbonyl (C=O) groups is 1. The molecule has 0 amide bonds. The molecule has 0 saturated carbocycles. The third kappa shape index (κ3) is 3.42. The number of hydrogen-bond acceptors (Lipinski definition) is 4. The van der Waals surface area contributed by atoms with Gasteiger partial charge in [0, 0.05) is 6.07 Å². The van der Waals surface area contributed by atoms with E-state index < -0.39 is 5.97 Å². The van der Waals surface area contributed by atoms with Crippen LogP contribution >= 0.6 is 0 Å². The molecule has 0 atom stereocenters. The van der Waals surface area contributed by atoms with E-state index in [1.165, 1.54) is 6.07 Å². The Bertz CT molecular complexity index is 389. The van der Waals surface area contributed by atoms with Crippen LogP contribution in [0.15, 0.2) is 18.2 Å². The lowest BCUT2D eigenvalue weighted by atomic mass is 9.99. The largest absolute Gasteiger partial charge is 0.477 e.